The van der Waals surface area contributed by atoms with Gasteiger partial charge < -0.3 is 5.73 Å². The molecule has 0 saturated heterocycles. The molecule has 0 aliphatic carbocycles. The highest BCUT2D eigenvalue weighted by molar-refractivity contribution is 5.42. The molecule has 0 bridgehead atoms. The Morgan fingerprint density at radius 2 is 2.27 bits per heavy atom. The van der Waals surface area contributed by atoms with Crippen molar-refractivity contribution in [3.05, 3.63) is 29.9 Å². The molecule has 0 saturated carbocycles. The van der Waals surface area contributed by atoms with Crippen molar-refractivity contribution >= 4 is 6.08 Å². The molecule has 11 heavy (non-hydrogen) atoms. The van der Waals surface area contributed by atoms with Crippen molar-refractivity contribution in [3.63, 3.8) is 0 Å². The standard InChI is InChI=1S/C8H11N3/c1-7-5-11-8(6-10-7)3-2-4-9/h2-3,5-6H,4,9H2,1H3/b3-2+. The van der Waals surface area contributed by atoms with Gasteiger partial charge in [0.1, 0.15) is 0 Å². The van der Waals surface area contributed by atoms with E-state index in [2.05, 4.69) is 9.97 Å². The van der Waals surface area contributed by atoms with E-state index in [-0.39, 0.29) is 0 Å². The molecule has 0 aromatic carbocycles. The zero-order valence-corrected chi connectivity index (χ0v) is 6.49. The van der Waals surface area contributed by atoms with Gasteiger partial charge in [-0.25, -0.2) is 0 Å². The van der Waals surface area contributed by atoms with Gasteiger partial charge in [-0.3, -0.25) is 9.97 Å². The quantitative estimate of drug-likeness (QED) is 0.675. The molecule has 0 radical (unpaired) electrons. The van der Waals surface area contributed by atoms with Gasteiger partial charge in [0.15, 0.2) is 0 Å². The predicted octanol–water partition coefficient (Wildman–Crippen LogP) is 0.757. The second-order valence-electron chi connectivity index (χ2n) is 2.22. The summed E-state index contributed by atoms with van der Waals surface area (Å²) in [4.78, 5) is 8.19. The second kappa shape index (κ2) is 3.83. The molecule has 3 heteroatoms. The van der Waals surface area contributed by atoms with E-state index in [1.54, 1.807) is 12.4 Å². The molecule has 58 valence electrons. The van der Waals surface area contributed by atoms with Crippen LogP contribution in [0.15, 0.2) is 18.5 Å². The van der Waals surface area contributed by atoms with Crippen LogP contribution in [0.4, 0.5) is 0 Å². The second-order valence-corrected chi connectivity index (χ2v) is 2.22. The van der Waals surface area contributed by atoms with Crippen molar-refractivity contribution in [2.24, 2.45) is 5.73 Å². The van der Waals surface area contributed by atoms with Crippen molar-refractivity contribution in [3.8, 4) is 0 Å². The number of rotatable bonds is 2. The fourth-order valence-corrected chi connectivity index (χ4v) is 0.677. The zero-order chi connectivity index (χ0) is 8.10. The fraction of sp³-hybridized carbons (Fsp3) is 0.250. The molecule has 0 aliphatic heterocycles. The molecular formula is C8H11N3. The Kier molecular flexibility index (Phi) is 2.74. The van der Waals surface area contributed by atoms with Gasteiger partial charge in [-0.05, 0) is 13.0 Å². The van der Waals surface area contributed by atoms with E-state index in [0.717, 1.165) is 11.4 Å². The molecule has 1 aromatic heterocycles. The fourth-order valence-electron chi connectivity index (χ4n) is 0.677. The van der Waals surface area contributed by atoms with Crippen LogP contribution in [0.3, 0.4) is 0 Å². The van der Waals surface area contributed by atoms with E-state index in [0.29, 0.717) is 6.54 Å². The number of aromatic nitrogens is 2. The molecule has 2 N–H and O–H groups in total. The maximum absolute atomic E-state index is 5.27. The number of nitrogens with zero attached hydrogens (tertiary/aromatic N) is 2. The summed E-state index contributed by atoms with van der Waals surface area (Å²) in [5, 5.41) is 0. The van der Waals surface area contributed by atoms with E-state index in [4.69, 9.17) is 5.73 Å². The summed E-state index contributed by atoms with van der Waals surface area (Å²) in [6.07, 6.45) is 7.16. The molecule has 0 spiro atoms. The summed E-state index contributed by atoms with van der Waals surface area (Å²) in [6.45, 7) is 2.44. The van der Waals surface area contributed by atoms with Crippen LogP contribution in [-0.2, 0) is 0 Å². The number of nitrogens with two attached hydrogens (primary N) is 1. The largest absolute Gasteiger partial charge is 0.327 e. The Morgan fingerprint density at radius 3 is 2.82 bits per heavy atom. The Labute approximate surface area is 66.0 Å². The van der Waals surface area contributed by atoms with Crippen LogP contribution in [0, 0.1) is 6.92 Å². The minimum Gasteiger partial charge on any atom is -0.327 e. The van der Waals surface area contributed by atoms with Gasteiger partial charge in [-0.1, -0.05) is 6.08 Å². The van der Waals surface area contributed by atoms with Crippen molar-refractivity contribution < 1.29 is 0 Å². The van der Waals surface area contributed by atoms with Crippen LogP contribution >= 0.6 is 0 Å². The maximum Gasteiger partial charge on any atom is 0.0810 e. The summed E-state index contributed by atoms with van der Waals surface area (Å²) in [5.41, 5.74) is 7.05. The molecule has 0 aliphatic rings. The molecule has 1 heterocycles. The Balaban J connectivity index is 2.73. The minimum atomic E-state index is 0.537. The van der Waals surface area contributed by atoms with E-state index in [1.165, 1.54) is 0 Å². The van der Waals surface area contributed by atoms with Gasteiger partial charge in [0, 0.05) is 12.7 Å². The molecule has 0 unspecified atom stereocenters. The minimum absolute atomic E-state index is 0.537. The summed E-state index contributed by atoms with van der Waals surface area (Å²) in [6, 6.07) is 0. The Bertz CT molecular complexity index is 238. The average molecular weight is 149 g/mol. The first-order valence-corrected chi connectivity index (χ1v) is 3.48. The normalized spacial score (nSPS) is 10.7. The van der Waals surface area contributed by atoms with Gasteiger partial charge in [0.25, 0.3) is 0 Å². The number of hydrogen-bond donors (Lipinski definition) is 1. The van der Waals surface area contributed by atoms with Gasteiger partial charge in [0.2, 0.25) is 0 Å². The average Bonchev–Trinajstić information content (AvgIpc) is 2.04. The maximum atomic E-state index is 5.27. The van der Waals surface area contributed by atoms with Gasteiger partial charge in [-0.15, -0.1) is 0 Å². The highest BCUT2D eigenvalue weighted by Gasteiger charge is 1.86. The molecule has 1 aromatic rings. The van der Waals surface area contributed by atoms with Gasteiger partial charge in [-0.2, -0.15) is 0 Å². The van der Waals surface area contributed by atoms with Crippen LogP contribution in [0.2, 0.25) is 0 Å². The van der Waals surface area contributed by atoms with Crippen LogP contribution in [0.25, 0.3) is 6.08 Å². The lowest BCUT2D eigenvalue weighted by atomic mass is 10.4. The first kappa shape index (κ1) is 7.88. The van der Waals surface area contributed by atoms with Gasteiger partial charge >= 0.3 is 0 Å². The molecule has 0 atom stereocenters. The summed E-state index contributed by atoms with van der Waals surface area (Å²) < 4.78 is 0. The van der Waals surface area contributed by atoms with E-state index < -0.39 is 0 Å². The lowest BCUT2D eigenvalue weighted by Gasteiger charge is -1.91. The smallest absolute Gasteiger partial charge is 0.0810 e. The number of aryl methyl sites for hydroxylation is 1. The molecule has 1 rings (SSSR count). The lowest BCUT2D eigenvalue weighted by molar-refractivity contribution is 1.10. The van der Waals surface area contributed by atoms with Crippen LogP contribution < -0.4 is 5.73 Å². The molecule has 0 amide bonds. The third kappa shape index (κ3) is 2.47. The SMILES string of the molecule is Cc1cnc(/C=C/CN)cn1. The topological polar surface area (TPSA) is 51.8 Å². The van der Waals surface area contributed by atoms with E-state index in [1.807, 2.05) is 19.1 Å². The van der Waals surface area contributed by atoms with Crippen molar-refractivity contribution in [1.82, 2.24) is 9.97 Å². The highest BCUT2D eigenvalue weighted by atomic mass is 14.8. The summed E-state index contributed by atoms with van der Waals surface area (Å²) in [5.74, 6) is 0. The highest BCUT2D eigenvalue weighted by Crippen LogP contribution is 1.95. The molecule has 0 fully saturated rings. The van der Waals surface area contributed by atoms with Crippen molar-refractivity contribution in [2.75, 3.05) is 6.54 Å². The molecule has 3 nitrogen and oxygen atoms in total. The molecular weight excluding hydrogens is 138 g/mol. The Morgan fingerprint density at radius 1 is 1.45 bits per heavy atom. The first-order chi connectivity index (χ1) is 5.33. The van der Waals surface area contributed by atoms with Crippen LogP contribution in [0.5, 0.6) is 0 Å². The third-order valence-corrected chi connectivity index (χ3v) is 1.23. The predicted molar refractivity (Wildman–Crippen MR) is 44.9 cm³/mol. The van der Waals surface area contributed by atoms with Crippen LogP contribution in [-0.4, -0.2) is 16.5 Å². The monoisotopic (exact) mass is 149 g/mol. The van der Waals surface area contributed by atoms with E-state index in [9.17, 15) is 0 Å². The Hall–Kier alpha value is -1.22. The summed E-state index contributed by atoms with van der Waals surface area (Å²) >= 11 is 0. The van der Waals surface area contributed by atoms with Crippen molar-refractivity contribution in [2.45, 2.75) is 6.92 Å². The first-order valence-electron chi connectivity index (χ1n) is 3.48. The van der Waals surface area contributed by atoms with E-state index >= 15 is 0 Å². The zero-order valence-electron chi connectivity index (χ0n) is 6.49. The lowest BCUT2D eigenvalue weighted by Crippen LogP contribution is -1.93. The number of hydrogen-bond acceptors (Lipinski definition) is 3. The summed E-state index contributed by atoms with van der Waals surface area (Å²) in [7, 11) is 0. The van der Waals surface area contributed by atoms with Gasteiger partial charge in [0.05, 0.1) is 17.6 Å². The van der Waals surface area contributed by atoms with Crippen molar-refractivity contribution in [1.29, 1.82) is 0 Å². The van der Waals surface area contributed by atoms with Crippen LogP contribution in [0.1, 0.15) is 11.4 Å². The third-order valence-electron chi connectivity index (χ3n) is 1.23.